The first-order valence-electron chi connectivity index (χ1n) is 8.32. The third-order valence-electron chi connectivity index (χ3n) is 4.39. The predicted molar refractivity (Wildman–Crippen MR) is 94.9 cm³/mol. The highest BCUT2D eigenvalue weighted by Gasteiger charge is 2.24. The number of piperidine rings is 1. The number of likely N-dealkylation sites (tertiary alicyclic amines) is 1. The van der Waals surface area contributed by atoms with Crippen molar-refractivity contribution in [2.75, 3.05) is 13.1 Å². The number of amides is 1. The van der Waals surface area contributed by atoms with Crippen LogP contribution in [0.25, 0.3) is 6.08 Å². The molecule has 1 fully saturated rings. The second-order valence-corrected chi connectivity index (χ2v) is 7.01. The summed E-state index contributed by atoms with van der Waals surface area (Å²) in [6.07, 6.45) is 6.31. The third kappa shape index (κ3) is 3.84. The summed E-state index contributed by atoms with van der Waals surface area (Å²) >= 11 is 1.62. The van der Waals surface area contributed by atoms with Crippen LogP contribution in [-0.4, -0.2) is 38.7 Å². The summed E-state index contributed by atoms with van der Waals surface area (Å²) < 4.78 is 1.66. The van der Waals surface area contributed by atoms with E-state index >= 15 is 0 Å². The number of hydrogen-bond acceptors (Lipinski definition) is 4. The van der Waals surface area contributed by atoms with E-state index in [9.17, 15) is 9.59 Å². The average Bonchev–Trinajstić information content (AvgIpc) is 3.23. The molecule has 1 aliphatic heterocycles. The first kappa shape index (κ1) is 16.7. The molecule has 1 amide bonds. The lowest BCUT2D eigenvalue weighted by Crippen LogP contribution is -2.40. The van der Waals surface area contributed by atoms with Crippen LogP contribution in [0.4, 0.5) is 0 Å². The van der Waals surface area contributed by atoms with Gasteiger partial charge in [0, 0.05) is 37.0 Å². The van der Waals surface area contributed by atoms with E-state index in [-0.39, 0.29) is 11.6 Å². The van der Waals surface area contributed by atoms with Crippen molar-refractivity contribution in [3.63, 3.8) is 0 Å². The monoisotopic (exact) mass is 346 g/mol. The summed E-state index contributed by atoms with van der Waals surface area (Å²) in [5.41, 5.74) is -0.157. The fourth-order valence-electron chi connectivity index (χ4n) is 3.17. The Morgan fingerprint density at radius 2 is 2.42 bits per heavy atom. The SMILES string of the molecule is CCn1c(C[C@H]2CCCN(C(=O)/C=C\c3cccs3)C2)n[nH]c1=O. The normalized spacial score (nSPS) is 18.4. The molecule has 0 spiro atoms. The number of rotatable bonds is 5. The van der Waals surface area contributed by atoms with Crippen molar-refractivity contribution in [1.29, 1.82) is 0 Å². The van der Waals surface area contributed by atoms with Crippen molar-refractivity contribution >= 4 is 23.3 Å². The molecule has 7 heteroatoms. The molecule has 2 aromatic heterocycles. The van der Waals surface area contributed by atoms with E-state index in [4.69, 9.17) is 0 Å². The zero-order valence-electron chi connectivity index (χ0n) is 13.8. The van der Waals surface area contributed by atoms with Gasteiger partial charge in [-0.1, -0.05) is 6.07 Å². The first-order valence-corrected chi connectivity index (χ1v) is 9.20. The lowest BCUT2D eigenvalue weighted by molar-refractivity contribution is -0.127. The van der Waals surface area contributed by atoms with Crippen LogP contribution in [0.15, 0.2) is 28.4 Å². The standard InChI is InChI=1S/C17H22N4O2S/c1-2-21-15(18-19-17(21)23)11-13-5-3-9-20(12-13)16(22)8-7-14-6-4-10-24-14/h4,6-8,10,13H,2-3,5,9,11-12H2,1H3,(H,19,23)/b8-7-/t13-/m1/s1. The Hall–Kier alpha value is -2.15. The molecule has 0 radical (unpaired) electrons. The zero-order valence-corrected chi connectivity index (χ0v) is 14.6. The minimum atomic E-state index is -0.157. The third-order valence-corrected chi connectivity index (χ3v) is 5.23. The van der Waals surface area contributed by atoms with Gasteiger partial charge in [-0.05, 0) is 43.2 Å². The van der Waals surface area contributed by atoms with Crippen LogP contribution in [0.5, 0.6) is 0 Å². The second kappa shape index (κ2) is 7.61. The van der Waals surface area contributed by atoms with Gasteiger partial charge in [0.1, 0.15) is 5.82 Å². The number of hydrogen-bond donors (Lipinski definition) is 1. The van der Waals surface area contributed by atoms with Crippen LogP contribution in [0.3, 0.4) is 0 Å². The Kier molecular flexibility index (Phi) is 5.30. The first-order chi connectivity index (χ1) is 11.7. The highest BCUT2D eigenvalue weighted by Crippen LogP contribution is 2.20. The van der Waals surface area contributed by atoms with Crippen LogP contribution in [0, 0.1) is 5.92 Å². The molecule has 0 aromatic carbocycles. The van der Waals surface area contributed by atoms with Crippen molar-refractivity contribution in [3.8, 4) is 0 Å². The smallest absolute Gasteiger partial charge is 0.339 e. The number of carbonyl (C=O) groups is 1. The minimum absolute atomic E-state index is 0.0583. The van der Waals surface area contributed by atoms with Crippen LogP contribution in [0.2, 0.25) is 0 Å². The lowest BCUT2D eigenvalue weighted by atomic mass is 9.94. The van der Waals surface area contributed by atoms with Gasteiger partial charge in [-0.3, -0.25) is 9.36 Å². The van der Waals surface area contributed by atoms with E-state index in [0.29, 0.717) is 12.5 Å². The molecular weight excluding hydrogens is 324 g/mol. The van der Waals surface area contributed by atoms with E-state index in [0.717, 1.165) is 43.1 Å². The Morgan fingerprint density at radius 1 is 1.54 bits per heavy atom. The Bertz CT molecular complexity index is 760. The number of aromatic nitrogens is 3. The summed E-state index contributed by atoms with van der Waals surface area (Å²) in [5.74, 6) is 1.19. The second-order valence-electron chi connectivity index (χ2n) is 6.03. The average molecular weight is 346 g/mol. The van der Waals surface area contributed by atoms with E-state index in [2.05, 4.69) is 10.2 Å². The largest absolute Gasteiger partial charge is 0.343 e. The Labute approximate surface area is 144 Å². The van der Waals surface area contributed by atoms with Crippen LogP contribution in [0.1, 0.15) is 30.5 Å². The van der Waals surface area contributed by atoms with E-state index in [1.165, 1.54) is 0 Å². The highest BCUT2D eigenvalue weighted by atomic mass is 32.1. The van der Waals surface area contributed by atoms with Gasteiger partial charge in [-0.15, -0.1) is 11.3 Å². The number of thiophene rings is 1. The summed E-state index contributed by atoms with van der Waals surface area (Å²) in [7, 11) is 0. The molecule has 0 bridgehead atoms. The summed E-state index contributed by atoms with van der Waals surface area (Å²) in [5, 5.41) is 8.64. The molecule has 24 heavy (non-hydrogen) atoms. The van der Waals surface area contributed by atoms with Gasteiger partial charge in [-0.25, -0.2) is 9.89 Å². The van der Waals surface area contributed by atoms with Gasteiger partial charge in [0.15, 0.2) is 0 Å². The molecule has 3 rings (SSSR count). The predicted octanol–water partition coefficient (Wildman–Crippen LogP) is 2.15. The molecule has 0 aliphatic carbocycles. The Morgan fingerprint density at radius 3 is 3.17 bits per heavy atom. The summed E-state index contributed by atoms with van der Waals surface area (Å²) in [4.78, 5) is 27.0. The van der Waals surface area contributed by atoms with Gasteiger partial charge in [0.25, 0.3) is 0 Å². The molecular formula is C17H22N4O2S. The maximum Gasteiger partial charge on any atom is 0.343 e. The fourth-order valence-corrected chi connectivity index (χ4v) is 3.79. The zero-order chi connectivity index (χ0) is 16.9. The van der Waals surface area contributed by atoms with Crippen molar-refractivity contribution in [2.24, 2.45) is 5.92 Å². The quantitative estimate of drug-likeness (QED) is 0.843. The number of H-pyrrole nitrogens is 1. The minimum Gasteiger partial charge on any atom is -0.339 e. The molecule has 3 heterocycles. The van der Waals surface area contributed by atoms with Crippen LogP contribution in [-0.2, 0) is 17.8 Å². The Balaban J connectivity index is 1.61. The lowest BCUT2D eigenvalue weighted by Gasteiger charge is -2.32. The number of nitrogens with zero attached hydrogens (tertiary/aromatic N) is 3. The van der Waals surface area contributed by atoms with Gasteiger partial charge < -0.3 is 4.90 Å². The number of nitrogens with one attached hydrogen (secondary N) is 1. The molecule has 1 aliphatic rings. The van der Waals surface area contributed by atoms with Gasteiger partial charge in [0.2, 0.25) is 5.91 Å². The molecule has 6 nitrogen and oxygen atoms in total. The molecule has 2 aromatic rings. The summed E-state index contributed by atoms with van der Waals surface area (Å²) in [6.45, 7) is 4.07. The number of carbonyl (C=O) groups excluding carboxylic acids is 1. The van der Waals surface area contributed by atoms with E-state index < -0.39 is 0 Å². The molecule has 1 atom stereocenters. The molecule has 0 saturated carbocycles. The van der Waals surface area contributed by atoms with Gasteiger partial charge >= 0.3 is 5.69 Å². The van der Waals surface area contributed by atoms with Crippen molar-refractivity contribution in [3.05, 3.63) is 44.8 Å². The molecule has 1 N–H and O–H groups in total. The van der Waals surface area contributed by atoms with Crippen molar-refractivity contribution < 1.29 is 4.79 Å². The fraction of sp³-hybridized carbons (Fsp3) is 0.471. The van der Waals surface area contributed by atoms with E-state index in [1.54, 1.807) is 22.0 Å². The van der Waals surface area contributed by atoms with Crippen molar-refractivity contribution in [1.82, 2.24) is 19.7 Å². The maximum absolute atomic E-state index is 12.4. The van der Waals surface area contributed by atoms with Gasteiger partial charge in [-0.2, -0.15) is 5.10 Å². The van der Waals surface area contributed by atoms with Crippen LogP contribution < -0.4 is 5.69 Å². The van der Waals surface area contributed by atoms with E-state index in [1.807, 2.05) is 35.4 Å². The number of aromatic amines is 1. The molecule has 128 valence electrons. The van der Waals surface area contributed by atoms with Crippen LogP contribution >= 0.6 is 11.3 Å². The molecule has 1 saturated heterocycles. The molecule has 0 unspecified atom stereocenters. The topological polar surface area (TPSA) is 71.0 Å². The highest BCUT2D eigenvalue weighted by molar-refractivity contribution is 7.10. The summed E-state index contributed by atoms with van der Waals surface area (Å²) in [6, 6.07) is 3.97. The maximum atomic E-state index is 12.4. The van der Waals surface area contributed by atoms with Gasteiger partial charge in [0.05, 0.1) is 0 Å². The van der Waals surface area contributed by atoms with Crippen molar-refractivity contribution in [2.45, 2.75) is 32.7 Å².